The second kappa shape index (κ2) is 7.73. The molecule has 1 atom stereocenters. The van der Waals surface area contributed by atoms with Crippen molar-refractivity contribution in [3.63, 3.8) is 0 Å². The van der Waals surface area contributed by atoms with Gasteiger partial charge in [0, 0.05) is 24.5 Å². The fourth-order valence-electron chi connectivity index (χ4n) is 1.24. The summed E-state index contributed by atoms with van der Waals surface area (Å²) in [5.41, 5.74) is 2.97. The quantitative estimate of drug-likeness (QED) is 0.700. The summed E-state index contributed by atoms with van der Waals surface area (Å²) in [7, 11) is 4.10. The smallest absolute Gasteiger partial charge is 0.0795 e. The highest BCUT2D eigenvalue weighted by atomic mass is 32.1. The van der Waals surface area contributed by atoms with Crippen LogP contribution in [0.4, 0.5) is 0 Å². The molecule has 1 unspecified atom stereocenters. The Labute approximate surface area is 102 Å². The molecule has 0 saturated carbocycles. The Kier molecular flexibility index (Phi) is 6.56. The maximum absolute atomic E-state index is 5.49. The van der Waals surface area contributed by atoms with Gasteiger partial charge in [0.2, 0.25) is 0 Å². The summed E-state index contributed by atoms with van der Waals surface area (Å²) in [6, 6.07) is 0.309. The monoisotopic (exact) mass is 243 g/mol. The Balaban J connectivity index is 1.99. The number of thiazole rings is 1. The van der Waals surface area contributed by atoms with Crippen LogP contribution in [0.1, 0.15) is 18.7 Å². The number of likely N-dealkylation sites (N-methyl/N-ethyl adjacent to an activating group) is 1. The number of hydrogen-bond donors (Lipinski definition) is 1. The van der Waals surface area contributed by atoms with Crippen molar-refractivity contribution in [3.8, 4) is 0 Å². The van der Waals surface area contributed by atoms with Gasteiger partial charge < -0.3 is 15.0 Å². The van der Waals surface area contributed by atoms with Crippen LogP contribution in [0.2, 0.25) is 0 Å². The Hall–Kier alpha value is -0.490. The fourth-order valence-corrected chi connectivity index (χ4v) is 1.88. The van der Waals surface area contributed by atoms with Crippen molar-refractivity contribution in [2.24, 2.45) is 0 Å². The maximum atomic E-state index is 5.49. The van der Waals surface area contributed by atoms with E-state index in [9.17, 15) is 0 Å². The van der Waals surface area contributed by atoms with Gasteiger partial charge in [0.25, 0.3) is 0 Å². The molecule has 0 aliphatic rings. The number of ether oxygens (including phenoxy) is 1. The molecule has 0 bridgehead atoms. The van der Waals surface area contributed by atoms with Gasteiger partial charge in [-0.25, -0.2) is 4.98 Å². The van der Waals surface area contributed by atoms with E-state index < -0.39 is 0 Å². The first-order chi connectivity index (χ1) is 7.70. The molecule has 0 aromatic carbocycles. The average molecular weight is 243 g/mol. The van der Waals surface area contributed by atoms with Crippen molar-refractivity contribution in [1.82, 2.24) is 15.2 Å². The van der Waals surface area contributed by atoms with Gasteiger partial charge in [-0.15, -0.1) is 11.3 Å². The molecule has 0 amide bonds. The number of hydrogen-bond acceptors (Lipinski definition) is 5. The lowest BCUT2D eigenvalue weighted by Crippen LogP contribution is -2.25. The van der Waals surface area contributed by atoms with Crippen LogP contribution < -0.4 is 5.32 Å². The largest absolute Gasteiger partial charge is 0.379 e. The Morgan fingerprint density at radius 2 is 2.31 bits per heavy atom. The first-order valence-corrected chi connectivity index (χ1v) is 6.48. The highest BCUT2D eigenvalue weighted by Gasteiger charge is 2.05. The van der Waals surface area contributed by atoms with Crippen LogP contribution in [-0.2, 0) is 4.74 Å². The third kappa shape index (κ3) is 5.55. The zero-order valence-electron chi connectivity index (χ0n) is 10.3. The zero-order valence-corrected chi connectivity index (χ0v) is 11.1. The van der Waals surface area contributed by atoms with E-state index >= 15 is 0 Å². The molecular formula is C11H21N3OS. The van der Waals surface area contributed by atoms with E-state index in [4.69, 9.17) is 4.74 Å². The first-order valence-electron chi connectivity index (χ1n) is 5.54. The lowest BCUT2D eigenvalue weighted by Gasteiger charge is -2.13. The average Bonchev–Trinajstić information content (AvgIpc) is 2.75. The zero-order chi connectivity index (χ0) is 11.8. The molecule has 0 fully saturated rings. The van der Waals surface area contributed by atoms with Gasteiger partial charge in [0.1, 0.15) is 0 Å². The normalized spacial score (nSPS) is 13.2. The van der Waals surface area contributed by atoms with Crippen LogP contribution in [0.25, 0.3) is 0 Å². The topological polar surface area (TPSA) is 37.4 Å². The van der Waals surface area contributed by atoms with Gasteiger partial charge in [0.15, 0.2) is 0 Å². The van der Waals surface area contributed by atoms with E-state index in [0.717, 1.165) is 32.0 Å². The van der Waals surface area contributed by atoms with Gasteiger partial charge in [-0.2, -0.15) is 0 Å². The van der Waals surface area contributed by atoms with Crippen LogP contribution in [-0.4, -0.2) is 50.3 Å². The summed E-state index contributed by atoms with van der Waals surface area (Å²) in [6.07, 6.45) is 0. The van der Waals surface area contributed by atoms with E-state index in [1.54, 1.807) is 11.3 Å². The van der Waals surface area contributed by atoms with Crippen molar-refractivity contribution in [1.29, 1.82) is 0 Å². The molecule has 16 heavy (non-hydrogen) atoms. The molecule has 1 N–H and O–H groups in total. The predicted octanol–water partition coefficient (Wildman–Crippen LogP) is 1.37. The van der Waals surface area contributed by atoms with Gasteiger partial charge in [-0.3, -0.25) is 0 Å². The van der Waals surface area contributed by atoms with E-state index in [2.05, 4.69) is 27.5 Å². The van der Waals surface area contributed by atoms with Gasteiger partial charge in [-0.05, 0) is 21.0 Å². The predicted molar refractivity (Wildman–Crippen MR) is 67.9 cm³/mol. The van der Waals surface area contributed by atoms with Crippen LogP contribution in [0.5, 0.6) is 0 Å². The van der Waals surface area contributed by atoms with Gasteiger partial charge in [0.05, 0.1) is 24.4 Å². The molecule has 1 aromatic rings. The summed E-state index contributed by atoms with van der Waals surface area (Å²) in [5.74, 6) is 0. The molecule has 4 nitrogen and oxygen atoms in total. The van der Waals surface area contributed by atoms with E-state index in [0.29, 0.717) is 6.04 Å². The second-order valence-corrected chi connectivity index (χ2v) is 4.72. The highest BCUT2D eigenvalue weighted by molar-refractivity contribution is 7.07. The molecule has 0 saturated heterocycles. The third-order valence-corrected chi connectivity index (χ3v) is 2.88. The Morgan fingerprint density at radius 1 is 1.50 bits per heavy atom. The van der Waals surface area contributed by atoms with Gasteiger partial charge >= 0.3 is 0 Å². The summed E-state index contributed by atoms with van der Waals surface area (Å²) in [4.78, 5) is 6.38. The van der Waals surface area contributed by atoms with E-state index in [1.807, 2.05) is 19.6 Å². The number of nitrogens with zero attached hydrogens (tertiary/aromatic N) is 2. The molecule has 1 heterocycles. The third-order valence-electron chi connectivity index (χ3n) is 2.27. The van der Waals surface area contributed by atoms with Crippen LogP contribution in [0.3, 0.4) is 0 Å². The van der Waals surface area contributed by atoms with Crippen molar-refractivity contribution in [3.05, 3.63) is 16.6 Å². The number of aromatic nitrogens is 1. The van der Waals surface area contributed by atoms with Crippen molar-refractivity contribution in [2.75, 3.05) is 40.4 Å². The Morgan fingerprint density at radius 3 is 2.94 bits per heavy atom. The van der Waals surface area contributed by atoms with Crippen molar-refractivity contribution in [2.45, 2.75) is 13.0 Å². The minimum atomic E-state index is 0.309. The number of nitrogens with one attached hydrogen (secondary N) is 1. The molecular weight excluding hydrogens is 222 g/mol. The molecule has 0 spiro atoms. The second-order valence-electron chi connectivity index (χ2n) is 4.00. The SMILES string of the molecule is CC(NCCOCCN(C)C)c1cscn1. The summed E-state index contributed by atoms with van der Waals surface area (Å²) in [6.45, 7) is 5.50. The van der Waals surface area contributed by atoms with Crippen molar-refractivity contribution >= 4 is 11.3 Å². The van der Waals surface area contributed by atoms with Crippen LogP contribution >= 0.6 is 11.3 Å². The summed E-state index contributed by atoms with van der Waals surface area (Å²) < 4.78 is 5.49. The first kappa shape index (κ1) is 13.6. The molecule has 0 aliphatic heterocycles. The lowest BCUT2D eigenvalue weighted by molar-refractivity contribution is 0.118. The van der Waals surface area contributed by atoms with E-state index in [-0.39, 0.29) is 0 Å². The molecule has 0 aliphatic carbocycles. The Bertz CT molecular complexity index is 264. The standard InChI is InChI=1S/C11H21N3OS/c1-10(11-8-16-9-13-11)12-4-6-15-7-5-14(2)3/h8-10,12H,4-7H2,1-3H3. The summed E-state index contributed by atoms with van der Waals surface area (Å²) >= 11 is 1.63. The minimum Gasteiger partial charge on any atom is -0.379 e. The molecule has 1 aromatic heterocycles. The molecule has 5 heteroatoms. The fraction of sp³-hybridized carbons (Fsp3) is 0.727. The van der Waals surface area contributed by atoms with Crippen LogP contribution in [0, 0.1) is 0 Å². The summed E-state index contributed by atoms with van der Waals surface area (Å²) in [5, 5.41) is 5.45. The molecule has 92 valence electrons. The molecule has 0 radical (unpaired) electrons. The highest BCUT2D eigenvalue weighted by Crippen LogP contribution is 2.10. The number of rotatable bonds is 8. The van der Waals surface area contributed by atoms with Crippen LogP contribution in [0.15, 0.2) is 10.9 Å². The maximum Gasteiger partial charge on any atom is 0.0795 e. The van der Waals surface area contributed by atoms with Crippen molar-refractivity contribution < 1.29 is 4.74 Å². The lowest BCUT2D eigenvalue weighted by atomic mass is 10.2. The molecule has 1 rings (SSSR count). The van der Waals surface area contributed by atoms with E-state index in [1.165, 1.54) is 0 Å². The minimum absolute atomic E-state index is 0.309. The van der Waals surface area contributed by atoms with Gasteiger partial charge in [-0.1, -0.05) is 0 Å².